The van der Waals surface area contributed by atoms with Crippen molar-refractivity contribution in [3.63, 3.8) is 0 Å². The second-order valence-electron chi connectivity index (χ2n) is 6.17. The topological polar surface area (TPSA) is 30.7 Å². The fraction of sp³-hybridized carbons (Fsp3) is 0.158. The molecule has 1 saturated carbocycles. The molecule has 4 aromatic rings. The highest BCUT2D eigenvalue weighted by Crippen LogP contribution is 2.43. The summed E-state index contributed by atoms with van der Waals surface area (Å²) in [5.41, 5.74) is 1.57. The van der Waals surface area contributed by atoms with Crippen LogP contribution < -0.4 is 0 Å². The Kier molecular flexibility index (Phi) is 2.74. The number of rotatable bonds is 2. The summed E-state index contributed by atoms with van der Waals surface area (Å²) >= 11 is 0. The number of nitrogens with zero attached hydrogens (tertiary/aromatic N) is 3. The summed E-state index contributed by atoms with van der Waals surface area (Å²) in [4.78, 5) is 8.91. The van der Waals surface area contributed by atoms with Gasteiger partial charge in [0.15, 0.2) is 11.6 Å². The van der Waals surface area contributed by atoms with Crippen molar-refractivity contribution in [2.45, 2.75) is 18.9 Å². The van der Waals surface area contributed by atoms with E-state index in [0.717, 1.165) is 35.2 Å². The molecule has 2 aromatic carbocycles. The molecule has 0 unspecified atom stereocenters. The van der Waals surface area contributed by atoms with E-state index in [-0.39, 0.29) is 11.6 Å². The monoisotopic (exact) mass is 321 g/mol. The summed E-state index contributed by atoms with van der Waals surface area (Å²) < 4.78 is 30.0. The van der Waals surface area contributed by atoms with Crippen LogP contribution in [0.3, 0.4) is 0 Å². The summed E-state index contributed by atoms with van der Waals surface area (Å²) in [7, 11) is 0. The highest BCUT2D eigenvalue weighted by Gasteiger charge is 2.31. The number of benzene rings is 2. The number of pyridine rings is 1. The van der Waals surface area contributed by atoms with Crippen molar-refractivity contribution in [2.24, 2.45) is 0 Å². The van der Waals surface area contributed by atoms with Crippen LogP contribution in [-0.2, 0) is 0 Å². The molecule has 1 aliphatic carbocycles. The Morgan fingerprint density at radius 2 is 1.83 bits per heavy atom. The highest BCUT2D eigenvalue weighted by molar-refractivity contribution is 5.96. The Morgan fingerprint density at radius 1 is 1.00 bits per heavy atom. The first-order valence-corrected chi connectivity index (χ1v) is 7.93. The van der Waals surface area contributed by atoms with Crippen molar-refractivity contribution in [1.82, 2.24) is 14.5 Å². The van der Waals surface area contributed by atoms with Gasteiger partial charge in [-0.3, -0.25) is 4.98 Å². The lowest BCUT2D eigenvalue weighted by Crippen LogP contribution is -2.00. The van der Waals surface area contributed by atoms with Crippen molar-refractivity contribution >= 4 is 21.8 Å². The first-order chi connectivity index (χ1) is 11.7. The lowest BCUT2D eigenvalue weighted by atomic mass is 10.1. The summed E-state index contributed by atoms with van der Waals surface area (Å²) in [6.07, 6.45) is 5.44. The highest BCUT2D eigenvalue weighted by atomic mass is 19.2. The Labute approximate surface area is 136 Å². The standard InChI is InChI=1S/C19H13F2N3/c20-15-7-8-16-18(17(15)21)24(12-5-6-12)19(23-16)14-10-22-9-11-3-1-2-4-13(11)14/h1-4,7-10,12H,5-6H2. The predicted octanol–water partition coefficient (Wildman–Crippen LogP) is 4.86. The molecular formula is C19H13F2N3. The van der Waals surface area contributed by atoms with Crippen LogP contribution in [0.5, 0.6) is 0 Å². The van der Waals surface area contributed by atoms with Crippen LogP contribution in [-0.4, -0.2) is 14.5 Å². The maximum Gasteiger partial charge on any atom is 0.184 e. The van der Waals surface area contributed by atoms with Crippen LogP contribution in [0.2, 0.25) is 0 Å². The van der Waals surface area contributed by atoms with Gasteiger partial charge < -0.3 is 4.57 Å². The van der Waals surface area contributed by atoms with Gasteiger partial charge in [-0.1, -0.05) is 24.3 Å². The molecule has 2 heterocycles. The van der Waals surface area contributed by atoms with Crippen LogP contribution in [0.1, 0.15) is 18.9 Å². The molecule has 3 nitrogen and oxygen atoms in total. The van der Waals surface area contributed by atoms with Gasteiger partial charge in [0.2, 0.25) is 0 Å². The zero-order valence-electron chi connectivity index (χ0n) is 12.7. The molecule has 2 aromatic heterocycles. The largest absolute Gasteiger partial charge is 0.318 e. The normalized spacial score (nSPS) is 14.6. The Morgan fingerprint density at radius 3 is 2.67 bits per heavy atom. The van der Waals surface area contributed by atoms with E-state index in [2.05, 4.69) is 9.97 Å². The molecule has 0 saturated heterocycles. The van der Waals surface area contributed by atoms with E-state index in [4.69, 9.17) is 0 Å². The predicted molar refractivity (Wildman–Crippen MR) is 88.7 cm³/mol. The fourth-order valence-corrected chi connectivity index (χ4v) is 3.30. The quantitative estimate of drug-likeness (QED) is 0.527. The number of imidazole rings is 1. The van der Waals surface area contributed by atoms with E-state index >= 15 is 0 Å². The van der Waals surface area contributed by atoms with Gasteiger partial charge in [0, 0.05) is 29.4 Å². The van der Waals surface area contributed by atoms with Gasteiger partial charge in [-0.15, -0.1) is 0 Å². The molecule has 24 heavy (non-hydrogen) atoms. The Balaban J connectivity index is 1.90. The average molecular weight is 321 g/mol. The fourth-order valence-electron chi connectivity index (χ4n) is 3.30. The van der Waals surface area contributed by atoms with Crippen molar-refractivity contribution < 1.29 is 8.78 Å². The molecule has 1 aliphatic rings. The number of aromatic nitrogens is 3. The van der Waals surface area contributed by atoms with Crippen molar-refractivity contribution in [3.05, 3.63) is 60.4 Å². The Bertz CT molecular complexity index is 1090. The van der Waals surface area contributed by atoms with Gasteiger partial charge in [-0.2, -0.15) is 0 Å². The SMILES string of the molecule is Fc1ccc2nc(-c3cncc4ccccc34)n(C3CC3)c2c1F. The molecular weight excluding hydrogens is 308 g/mol. The van der Waals surface area contributed by atoms with Gasteiger partial charge in [0.05, 0.1) is 5.52 Å². The third-order valence-corrected chi connectivity index (χ3v) is 4.56. The first-order valence-electron chi connectivity index (χ1n) is 7.93. The number of hydrogen-bond donors (Lipinski definition) is 0. The molecule has 5 rings (SSSR count). The van der Waals surface area contributed by atoms with Crippen LogP contribution in [0, 0.1) is 11.6 Å². The van der Waals surface area contributed by atoms with Crippen LogP contribution in [0.25, 0.3) is 33.2 Å². The number of hydrogen-bond acceptors (Lipinski definition) is 2. The minimum atomic E-state index is -0.841. The van der Waals surface area contributed by atoms with E-state index in [1.54, 1.807) is 12.4 Å². The van der Waals surface area contributed by atoms with Crippen LogP contribution in [0.4, 0.5) is 8.78 Å². The van der Waals surface area contributed by atoms with E-state index in [1.165, 1.54) is 6.07 Å². The zero-order valence-corrected chi connectivity index (χ0v) is 12.7. The smallest absolute Gasteiger partial charge is 0.184 e. The van der Waals surface area contributed by atoms with E-state index in [1.807, 2.05) is 28.8 Å². The number of fused-ring (bicyclic) bond motifs is 2. The molecule has 118 valence electrons. The second-order valence-corrected chi connectivity index (χ2v) is 6.17. The lowest BCUT2D eigenvalue weighted by Gasteiger charge is -2.10. The van der Waals surface area contributed by atoms with Gasteiger partial charge in [0.1, 0.15) is 11.3 Å². The lowest BCUT2D eigenvalue weighted by molar-refractivity contribution is 0.511. The molecule has 0 spiro atoms. The Hall–Kier alpha value is -2.82. The van der Waals surface area contributed by atoms with E-state index < -0.39 is 11.6 Å². The summed E-state index contributed by atoms with van der Waals surface area (Å²) in [6.45, 7) is 0. The molecule has 0 amide bonds. The maximum atomic E-state index is 14.4. The van der Waals surface area contributed by atoms with Gasteiger partial charge >= 0.3 is 0 Å². The third-order valence-electron chi connectivity index (χ3n) is 4.56. The molecule has 0 atom stereocenters. The molecule has 0 N–H and O–H groups in total. The molecule has 0 radical (unpaired) electrons. The first kappa shape index (κ1) is 13.6. The third kappa shape index (κ3) is 1.87. The maximum absolute atomic E-state index is 14.4. The summed E-state index contributed by atoms with van der Waals surface area (Å²) in [6, 6.07) is 10.7. The second kappa shape index (κ2) is 4.84. The summed E-state index contributed by atoms with van der Waals surface area (Å²) in [5.74, 6) is -1.01. The van der Waals surface area contributed by atoms with Gasteiger partial charge in [0.25, 0.3) is 0 Å². The van der Waals surface area contributed by atoms with Gasteiger partial charge in [-0.25, -0.2) is 13.8 Å². The van der Waals surface area contributed by atoms with Crippen LogP contribution >= 0.6 is 0 Å². The van der Waals surface area contributed by atoms with E-state index in [9.17, 15) is 8.78 Å². The van der Waals surface area contributed by atoms with Crippen molar-refractivity contribution in [3.8, 4) is 11.4 Å². The molecule has 0 bridgehead atoms. The molecule has 1 fully saturated rings. The van der Waals surface area contributed by atoms with E-state index in [0.29, 0.717) is 11.3 Å². The van der Waals surface area contributed by atoms with Crippen molar-refractivity contribution in [2.75, 3.05) is 0 Å². The number of halogens is 2. The van der Waals surface area contributed by atoms with Crippen molar-refractivity contribution in [1.29, 1.82) is 0 Å². The zero-order chi connectivity index (χ0) is 16.3. The minimum Gasteiger partial charge on any atom is -0.318 e. The summed E-state index contributed by atoms with van der Waals surface area (Å²) in [5, 5.41) is 2.00. The molecule has 5 heteroatoms. The molecule has 0 aliphatic heterocycles. The average Bonchev–Trinajstić information content (AvgIpc) is 3.38. The van der Waals surface area contributed by atoms with Crippen LogP contribution in [0.15, 0.2) is 48.8 Å². The van der Waals surface area contributed by atoms with Gasteiger partial charge in [-0.05, 0) is 30.4 Å². The minimum absolute atomic E-state index is 0.167.